The first-order valence-corrected chi connectivity index (χ1v) is 7.01. The van der Waals surface area contributed by atoms with Crippen molar-refractivity contribution in [2.45, 2.75) is 11.1 Å². The molecular formula is C13H17F3N2OS. The Morgan fingerprint density at radius 3 is 2.70 bits per heavy atom. The van der Waals surface area contributed by atoms with Crippen LogP contribution < -0.4 is 5.32 Å². The van der Waals surface area contributed by atoms with Crippen LogP contribution in [-0.4, -0.2) is 43.7 Å². The number of likely N-dealkylation sites (N-methyl/N-ethyl adjacent to an activating group) is 2. The molecule has 3 nitrogen and oxygen atoms in total. The van der Waals surface area contributed by atoms with E-state index in [4.69, 9.17) is 0 Å². The summed E-state index contributed by atoms with van der Waals surface area (Å²) in [5, 5.41) is 2.93. The molecule has 0 heterocycles. The van der Waals surface area contributed by atoms with E-state index in [2.05, 4.69) is 5.32 Å². The quantitative estimate of drug-likeness (QED) is 0.820. The van der Waals surface area contributed by atoms with Crippen LogP contribution in [0.1, 0.15) is 5.56 Å². The van der Waals surface area contributed by atoms with Crippen molar-refractivity contribution >= 4 is 17.7 Å². The molecule has 7 heteroatoms. The molecule has 112 valence electrons. The molecule has 1 N–H and O–H groups in total. The van der Waals surface area contributed by atoms with Crippen LogP contribution in [0.3, 0.4) is 0 Å². The zero-order valence-corrected chi connectivity index (χ0v) is 12.1. The Balaban J connectivity index is 2.55. The predicted octanol–water partition coefficient (Wildman–Crippen LogP) is 2.48. The van der Waals surface area contributed by atoms with Gasteiger partial charge >= 0.3 is 6.18 Å². The molecule has 1 aromatic rings. The SMILES string of the molecule is CNCCN(C)C(=O)CSc1cccc(C(F)(F)F)c1. The van der Waals surface area contributed by atoms with Crippen molar-refractivity contribution in [3.63, 3.8) is 0 Å². The van der Waals surface area contributed by atoms with Crippen molar-refractivity contribution in [1.29, 1.82) is 0 Å². The Bertz CT molecular complexity index is 451. The second-order valence-electron chi connectivity index (χ2n) is 4.23. The van der Waals surface area contributed by atoms with Crippen molar-refractivity contribution in [2.24, 2.45) is 0 Å². The standard InChI is InChI=1S/C13H17F3N2OS/c1-17-6-7-18(2)12(19)9-20-11-5-3-4-10(8-11)13(14,15)16/h3-5,8,17H,6-7,9H2,1-2H3. The van der Waals surface area contributed by atoms with E-state index in [1.54, 1.807) is 25.1 Å². The van der Waals surface area contributed by atoms with E-state index in [1.165, 1.54) is 6.07 Å². The van der Waals surface area contributed by atoms with Gasteiger partial charge < -0.3 is 10.2 Å². The molecule has 1 rings (SSSR count). The van der Waals surface area contributed by atoms with Gasteiger partial charge in [-0.1, -0.05) is 6.07 Å². The predicted molar refractivity (Wildman–Crippen MR) is 73.7 cm³/mol. The summed E-state index contributed by atoms with van der Waals surface area (Å²) in [6, 6.07) is 5.00. The molecule has 0 aromatic heterocycles. The number of alkyl halides is 3. The molecule has 0 aliphatic rings. The molecular weight excluding hydrogens is 289 g/mol. The number of hydrogen-bond donors (Lipinski definition) is 1. The van der Waals surface area contributed by atoms with Gasteiger partial charge in [-0.3, -0.25) is 4.79 Å². The molecule has 0 fully saturated rings. The molecule has 0 aliphatic heterocycles. The minimum Gasteiger partial charge on any atom is -0.344 e. The summed E-state index contributed by atoms with van der Waals surface area (Å²) in [7, 11) is 3.46. The highest BCUT2D eigenvalue weighted by Crippen LogP contribution is 2.31. The van der Waals surface area contributed by atoms with Crippen LogP contribution in [0.25, 0.3) is 0 Å². The number of hydrogen-bond acceptors (Lipinski definition) is 3. The normalized spacial score (nSPS) is 11.4. The second-order valence-corrected chi connectivity index (χ2v) is 5.28. The monoisotopic (exact) mass is 306 g/mol. The van der Waals surface area contributed by atoms with E-state index in [1.807, 2.05) is 0 Å². The zero-order chi connectivity index (χ0) is 15.2. The smallest absolute Gasteiger partial charge is 0.344 e. The van der Waals surface area contributed by atoms with Crippen LogP contribution in [-0.2, 0) is 11.0 Å². The fourth-order valence-corrected chi connectivity index (χ4v) is 2.32. The van der Waals surface area contributed by atoms with Crippen molar-refractivity contribution in [2.75, 3.05) is 32.9 Å². The summed E-state index contributed by atoms with van der Waals surface area (Å²) in [4.78, 5) is 13.8. The van der Waals surface area contributed by atoms with Gasteiger partial charge in [0.2, 0.25) is 5.91 Å². The van der Waals surface area contributed by atoms with Crippen molar-refractivity contribution in [3.05, 3.63) is 29.8 Å². The van der Waals surface area contributed by atoms with Gasteiger partial charge in [0.15, 0.2) is 0 Å². The molecule has 0 radical (unpaired) electrons. The average molecular weight is 306 g/mol. The first-order valence-electron chi connectivity index (χ1n) is 6.03. The Labute approximate surface area is 120 Å². The van der Waals surface area contributed by atoms with E-state index in [-0.39, 0.29) is 11.7 Å². The number of nitrogens with zero attached hydrogens (tertiary/aromatic N) is 1. The lowest BCUT2D eigenvalue weighted by atomic mass is 10.2. The van der Waals surface area contributed by atoms with Crippen molar-refractivity contribution in [3.8, 4) is 0 Å². The largest absolute Gasteiger partial charge is 0.416 e. The molecule has 0 unspecified atom stereocenters. The number of rotatable bonds is 6. The van der Waals surface area contributed by atoms with Gasteiger partial charge in [0.25, 0.3) is 0 Å². The number of benzene rings is 1. The Hall–Kier alpha value is -1.21. The number of carbonyl (C=O) groups excluding carboxylic acids is 1. The van der Waals surface area contributed by atoms with Crippen molar-refractivity contribution < 1.29 is 18.0 Å². The first kappa shape index (κ1) is 16.8. The Morgan fingerprint density at radius 2 is 2.10 bits per heavy atom. The number of amides is 1. The summed E-state index contributed by atoms with van der Waals surface area (Å²) in [5.41, 5.74) is -0.696. The molecule has 0 atom stereocenters. The molecule has 0 saturated heterocycles. The fourth-order valence-electron chi connectivity index (χ4n) is 1.42. The van der Waals surface area contributed by atoms with Gasteiger partial charge in [0.05, 0.1) is 11.3 Å². The third-order valence-corrected chi connectivity index (χ3v) is 3.63. The minimum absolute atomic E-state index is 0.109. The Kier molecular flexibility index (Phi) is 6.35. The van der Waals surface area contributed by atoms with Crippen LogP contribution in [0, 0.1) is 0 Å². The van der Waals surface area contributed by atoms with Gasteiger partial charge in [-0.15, -0.1) is 11.8 Å². The fraction of sp³-hybridized carbons (Fsp3) is 0.462. The summed E-state index contributed by atoms with van der Waals surface area (Å²) in [6.45, 7) is 1.24. The summed E-state index contributed by atoms with van der Waals surface area (Å²) < 4.78 is 37.6. The van der Waals surface area contributed by atoms with Crippen LogP contribution in [0.5, 0.6) is 0 Å². The minimum atomic E-state index is -4.36. The number of halogens is 3. The molecule has 0 bridgehead atoms. The molecule has 0 spiro atoms. The number of thioether (sulfide) groups is 1. The summed E-state index contributed by atoms with van der Waals surface area (Å²) in [6.07, 6.45) is -4.36. The lowest BCUT2D eigenvalue weighted by molar-refractivity contribution is -0.137. The molecule has 20 heavy (non-hydrogen) atoms. The maximum Gasteiger partial charge on any atom is 0.416 e. The molecule has 1 aromatic carbocycles. The highest BCUT2D eigenvalue weighted by Gasteiger charge is 2.30. The van der Waals surface area contributed by atoms with Gasteiger partial charge in [-0.05, 0) is 25.2 Å². The topological polar surface area (TPSA) is 32.3 Å². The average Bonchev–Trinajstić information content (AvgIpc) is 2.41. The second kappa shape index (κ2) is 7.54. The van der Waals surface area contributed by atoms with Crippen LogP contribution in [0.15, 0.2) is 29.2 Å². The number of carbonyl (C=O) groups is 1. The van der Waals surface area contributed by atoms with Gasteiger partial charge in [-0.2, -0.15) is 13.2 Å². The van der Waals surface area contributed by atoms with Crippen LogP contribution in [0.2, 0.25) is 0 Å². The van der Waals surface area contributed by atoms with Gasteiger partial charge in [0.1, 0.15) is 0 Å². The van der Waals surface area contributed by atoms with E-state index >= 15 is 0 Å². The molecule has 0 aliphatic carbocycles. The Morgan fingerprint density at radius 1 is 1.40 bits per heavy atom. The van der Waals surface area contributed by atoms with Crippen LogP contribution in [0.4, 0.5) is 13.2 Å². The maximum absolute atomic E-state index is 12.5. The maximum atomic E-state index is 12.5. The molecule has 1 amide bonds. The van der Waals surface area contributed by atoms with Crippen molar-refractivity contribution in [1.82, 2.24) is 10.2 Å². The summed E-state index contributed by atoms with van der Waals surface area (Å²) in [5.74, 6) is 0.0179. The van der Waals surface area contributed by atoms with Crippen LogP contribution >= 0.6 is 11.8 Å². The summed E-state index contributed by atoms with van der Waals surface area (Å²) >= 11 is 1.11. The third-order valence-electron chi connectivity index (χ3n) is 2.65. The zero-order valence-electron chi connectivity index (χ0n) is 11.3. The lowest BCUT2D eigenvalue weighted by Crippen LogP contribution is -2.33. The van der Waals surface area contributed by atoms with E-state index in [0.29, 0.717) is 18.0 Å². The van der Waals surface area contributed by atoms with Gasteiger partial charge in [-0.25, -0.2) is 0 Å². The third kappa shape index (κ3) is 5.42. The van der Waals surface area contributed by atoms with Gasteiger partial charge in [0, 0.05) is 25.0 Å². The van der Waals surface area contributed by atoms with E-state index < -0.39 is 11.7 Å². The molecule has 0 saturated carbocycles. The first-order chi connectivity index (χ1) is 9.34. The van der Waals surface area contributed by atoms with E-state index in [0.717, 1.165) is 23.9 Å². The highest BCUT2D eigenvalue weighted by molar-refractivity contribution is 8.00. The highest BCUT2D eigenvalue weighted by atomic mass is 32.2. The lowest BCUT2D eigenvalue weighted by Gasteiger charge is -2.16. The number of nitrogens with one attached hydrogen (secondary N) is 1. The van der Waals surface area contributed by atoms with E-state index in [9.17, 15) is 18.0 Å².